The van der Waals surface area contributed by atoms with Crippen LogP contribution in [0.15, 0.2) is 12.2 Å². The summed E-state index contributed by atoms with van der Waals surface area (Å²) in [7, 11) is 0. The number of carbonyl (C=O) groups is 1. The molecule has 0 saturated heterocycles. The predicted molar refractivity (Wildman–Crippen MR) is 82.2 cm³/mol. The first-order chi connectivity index (χ1) is 9.22. The first kappa shape index (κ1) is 18.2. The molecular weight excluding hydrogens is 236 g/mol. The molecule has 0 heterocycles. The van der Waals surface area contributed by atoms with E-state index in [1.165, 1.54) is 51.4 Å². The highest BCUT2D eigenvalue weighted by Crippen LogP contribution is 2.10. The zero-order chi connectivity index (χ0) is 14.3. The quantitative estimate of drug-likeness (QED) is 0.253. The van der Waals surface area contributed by atoms with Crippen LogP contribution in [0.1, 0.15) is 84.5 Å². The van der Waals surface area contributed by atoms with Gasteiger partial charge in [-0.25, -0.2) is 4.79 Å². The van der Waals surface area contributed by atoms with Crippen LogP contribution in [0.2, 0.25) is 0 Å². The van der Waals surface area contributed by atoms with E-state index in [1.54, 1.807) is 0 Å². The largest absolute Gasteiger partial charge is 0.462 e. The first-order valence-electron chi connectivity index (χ1n) is 8.07. The maximum absolute atomic E-state index is 11.4. The monoisotopic (exact) mass is 268 g/mol. The number of esters is 1. The third kappa shape index (κ3) is 12.0. The molecule has 0 unspecified atom stereocenters. The van der Waals surface area contributed by atoms with Crippen molar-refractivity contribution in [3.8, 4) is 0 Å². The summed E-state index contributed by atoms with van der Waals surface area (Å²) < 4.78 is 5.18. The number of ether oxygens (including phenoxy) is 1. The summed E-state index contributed by atoms with van der Waals surface area (Å²) in [4.78, 5) is 11.4. The molecule has 0 radical (unpaired) electrons. The maximum atomic E-state index is 11.4. The fourth-order valence-corrected chi connectivity index (χ4v) is 2.08. The summed E-state index contributed by atoms with van der Waals surface area (Å²) in [6, 6.07) is 0. The molecule has 0 atom stereocenters. The average Bonchev–Trinajstić information content (AvgIpc) is 2.41. The topological polar surface area (TPSA) is 26.3 Å². The summed E-state index contributed by atoms with van der Waals surface area (Å²) in [6.07, 6.45) is 13.2. The molecule has 0 bridgehead atoms. The van der Waals surface area contributed by atoms with Crippen LogP contribution < -0.4 is 0 Å². The van der Waals surface area contributed by atoms with Gasteiger partial charge in [0.15, 0.2) is 0 Å². The zero-order valence-corrected chi connectivity index (χ0v) is 13.0. The SMILES string of the molecule is C=C(CCC)C(=O)OCCCCCCCCCCC. The third-order valence-electron chi connectivity index (χ3n) is 3.32. The Morgan fingerprint density at radius 2 is 1.37 bits per heavy atom. The molecule has 0 N–H and O–H groups in total. The van der Waals surface area contributed by atoms with Crippen molar-refractivity contribution in [2.24, 2.45) is 0 Å². The van der Waals surface area contributed by atoms with E-state index in [1.807, 2.05) is 6.92 Å². The summed E-state index contributed by atoms with van der Waals surface area (Å²) >= 11 is 0. The molecule has 0 fully saturated rings. The van der Waals surface area contributed by atoms with E-state index in [9.17, 15) is 4.79 Å². The molecule has 0 aromatic carbocycles. The Hall–Kier alpha value is -0.790. The molecule has 0 aliphatic heterocycles. The van der Waals surface area contributed by atoms with E-state index in [0.29, 0.717) is 12.2 Å². The number of hydrogen-bond acceptors (Lipinski definition) is 2. The highest BCUT2D eigenvalue weighted by atomic mass is 16.5. The number of rotatable bonds is 13. The van der Waals surface area contributed by atoms with Crippen LogP contribution in [0.5, 0.6) is 0 Å². The van der Waals surface area contributed by atoms with E-state index in [4.69, 9.17) is 4.74 Å². The van der Waals surface area contributed by atoms with Gasteiger partial charge in [0.05, 0.1) is 6.61 Å². The van der Waals surface area contributed by atoms with Crippen molar-refractivity contribution in [2.75, 3.05) is 6.61 Å². The van der Waals surface area contributed by atoms with Gasteiger partial charge < -0.3 is 4.74 Å². The standard InChI is InChI=1S/C17H32O2/c1-4-6-7-8-9-10-11-12-13-15-19-17(18)16(3)14-5-2/h3-15H2,1-2H3. The first-order valence-corrected chi connectivity index (χ1v) is 8.07. The Balaban J connectivity index is 3.22. The Labute approximate surface area is 119 Å². The van der Waals surface area contributed by atoms with Gasteiger partial charge in [0.1, 0.15) is 0 Å². The number of carbonyl (C=O) groups excluding carboxylic acids is 1. The fourth-order valence-electron chi connectivity index (χ4n) is 2.08. The van der Waals surface area contributed by atoms with Crippen molar-refractivity contribution in [3.63, 3.8) is 0 Å². The van der Waals surface area contributed by atoms with Crippen molar-refractivity contribution in [1.29, 1.82) is 0 Å². The second-order valence-electron chi connectivity index (χ2n) is 5.32. The second kappa shape index (κ2) is 13.6. The minimum atomic E-state index is -0.207. The van der Waals surface area contributed by atoms with Gasteiger partial charge in [0.25, 0.3) is 0 Å². The van der Waals surface area contributed by atoms with Gasteiger partial charge in [-0.3, -0.25) is 0 Å². The van der Waals surface area contributed by atoms with Crippen LogP contribution in [-0.4, -0.2) is 12.6 Å². The summed E-state index contributed by atoms with van der Waals surface area (Å²) in [6.45, 7) is 8.57. The number of unbranched alkanes of at least 4 members (excludes halogenated alkanes) is 8. The molecule has 112 valence electrons. The molecule has 0 saturated carbocycles. The van der Waals surface area contributed by atoms with Crippen LogP contribution in [0, 0.1) is 0 Å². The lowest BCUT2D eigenvalue weighted by Crippen LogP contribution is -2.08. The van der Waals surface area contributed by atoms with Gasteiger partial charge in [-0.05, 0) is 12.8 Å². The smallest absolute Gasteiger partial charge is 0.333 e. The Bertz CT molecular complexity index is 233. The molecule has 0 amide bonds. The highest BCUT2D eigenvalue weighted by molar-refractivity contribution is 5.87. The van der Waals surface area contributed by atoms with Crippen LogP contribution in [-0.2, 0) is 9.53 Å². The van der Waals surface area contributed by atoms with Crippen molar-refractivity contribution in [1.82, 2.24) is 0 Å². The van der Waals surface area contributed by atoms with Crippen molar-refractivity contribution >= 4 is 5.97 Å². The van der Waals surface area contributed by atoms with E-state index in [2.05, 4.69) is 13.5 Å². The van der Waals surface area contributed by atoms with E-state index >= 15 is 0 Å². The lowest BCUT2D eigenvalue weighted by molar-refractivity contribution is -0.139. The van der Waals surface area contributed by atoms with Crippen molar-refractivity contribution in [2.45, 2.75) is 84.5 Å². The Kier molecular flexibility index (Phi) is 13.1. The van der Waals surface area contributed by atoms with E-state index in [0.717, 1.165) is 19.3 Å². The molecule has 2 nitrogen and oxygen atoms in total. The minimum absolute atomic E-state index is 0.207. The third-order valence-corrected chi connectivity index (χ3v) is 3.32. The normalized spacial score (nSPS) is 10.4. The predicted octanol–water partition coefficient (Wildman–Crippen LogP) is 5.42. The lowest BCUT2D eigenvalue weighted by Gasteiger charge is -2.06. The van der Waals surface area contributed by atoms with Gasteiger partial charge >= 0.3 is 5.97 Å². The average molecular weight is 268 g/mol. The van der Waals surface area contributed by atoms with E-state index in [-0.39, 0.29) is 5.97 Å². The molecule has 19 heavy (non-hydrogen) atoms. The zero-order valence-electron chi connectivity index (χ0n) is 13.0. The van der Waals surface area contributed by atoms with Crippen LogP contribution in [0.4, 0.5) is 0 Å². The molecule has 0 spiro atoms. The van der Waals surface area contributed by atoms with Crippen molar-refractivity contribution < 1.29 is 9.53 Å². The van der Waals surface area contributed by atoms with Gasteiger partial charge in [0.2, 0.25) is 0 Å². The molecule has 0 aliphatic carbocycles. The van der Waals surface area contributed by atoms with Gasteiger partial charge in [-0.15, -0.1) is 0 Å². The molecule has 2 heteroatoms. The summed E-state index contributed by atoms with van der Waals surface area (Å²) in [5.41, 5.74) is 0.610. The molecule has 0 aromatic rings. The number of hydrogen-bond donors (Lipinski definition) is 0. The fraction of sp³-hybridized carbons (Fsp3) is 0.824. The lowest BCUT2D eigenvalue weighted by atomic mass is 10.1. The van der Waals surface area contributed by atoms with Crippen LogP contribution in [0.25, 0.3) is 0 Å². The van der Waals surface area contributed by atoms with Crippen molar-refractivity contribution in [3.05, 3.63) is 12.2 Å². The van der Waals surface area contributed by atoms with Crippen LogP contribution >= 0.6 is 0 Å². The summed E-state index contributed by atoms with van der Waals surface area (Å²) in [5.74, 6) is -0.207. The van der Waals surface area contributed by atoms with Crippen LogP contribution in [0.3, 0.4) is 0 Å². The van der Waals surface area contributed by atoms with E-state index < -0.39 is 0 Å². The Morgan fingerprint density at radius 3 is 1.89 bits per heavy atom. The molecule has 0 rings (SSSR count). The Morgan fingerprint density at radius 1 is 0.842 bits per heavy atom. The second-order valence-corrected chi connectivity index (χ2v) is 5.32. The van der Waals surface area contributed by atoms with Gasteiger partial charge in [-0.1, -0.05) is 78.2 Å². The molecule has 0 aliphatic rings. The highest BCUT2D eigenvalue weighted by Gasteiger charge is 2.06. The maximum Gasteiger partial charge on any atom is 0.333 e. The minimum Gasteiger partial charge on any atom is -0.462 e. The molecule has 0 aromatic heterocycles. The summed E-state index contributed by atoms with van der Waals surface area (Å²) in [5, 5.41) is 0. The van der Waals surface area contributed by atoms with Gasteiger partial charge in [-0.2, -0.15) is 0 Å². The van der Waals surface area contributed by atoms with Gasteiger partial charge in [0, 0.05) is 5.57 Å². The molecular formula is C17H32O2.